The van der Waals surface area contributed by atoms with Crippen LogP contribution >= 0.6 is 11.3 Å². The Kier molecular flexibility index (Phi) is 5.40. The number of quaternary nitrogens is 1. The molecular formula is C16H25N2OS+. The maximum absolute atomic E-state index is 5.72. The molecule has 110 valence electrons. The van der Waals surface area contributed by atoms with Gasteiger partial charge in [0.1, 0.15) is 11.5 Å². The van der Waals surface area contributed by atoms with Crippen molar-refractivity contribution in [2.24, 2.45) is 0 Å². The lowest BCUT2D eigenvalue weighted by Crippen LogP contribution is -3.06. The number of hydrogen-bond acceptors (Lipinski definition) is 3. The van der Waals surface area contributed by atoms with Gasteiger partial charge in [-0.3, -0.25) is 4.90 Å². The normalized spacial score (nSPS) is 11.7. The van der Waals surface area contributed by atoms with Crippen LogP contribution in [0.25, 0.3) is 0 Å². The number of nitrogens with zero attached hydrogens (tertiary/aromatic N) is 1. The SMILES string of the molecule is Cc1ccc(CN(CC[NH+](C)C)Cc2ccc(C)s2)o1. The van der Waals surface area contributed by atoms with Gasteiger partial charge < -0.3 is 9.32 Å². The maximum atomic E-state index is 5.72. The largest absolute Gasteiger partial charge is 0.465 e. The number of rotatable bonds is 7. The zero-order valence-electron chi connectivity index (χ0n) is 12.9. The Hall–Kier alpha value is -1.10. The van der Waals surface area contributed by atoms with E-state index in [1.54, 1.807) is 0 Å². The van der Waals surface area contributed by atoms with Crippen LogP contribution < -0.4 is 4.90 Å². The van der Waals surface area contributed by atoms with E-state index in [4.69, 9.17) is 4.42 Å². The molecule has 4 heteroatoms. The highest BCUT2D eigenvalue weighted by molar-refractivity contribution is 7.11. The lowest BCUT2D eigenvalue weighted by atomic mass is 10.3. The Morgan fingerprint density at radius 3 is 2.45 bits per heavy atom. The van der Waals surface area contributed by atoms with Gasteiger partial charge in [0, 0.05) is 22.8 Å². The summed E-state index contributed by atoms with van der Waals surface area (Å²) in [5.74, 6) is 2.05. The van der Waals surface area contributed by atoms with Crippen molar-refractivity contribution in [3.8, 4) is 0 Å². The average molecular weight is 293 g/mol. The third-order valence-corrected chi connectivity index (χ3v) is 4.26. The minimum absolute atomic E-state index is 0.887. The Balaban J connectivity index is 1.99. The van der Waals surface area contributed by atoms with E-state index in [1.165, 1.54) is 14.7 Å². The van der Waals surface area contributed by atoms with Gasteiger partial charge in [-0.15, -0.1) is 11.3 Å². The van der Waals surface area contributed by atoms with Gasteiger partial charge in [-0.25, -0.2) is 0 Å². The quantitative estimate of drug-likeness (QED) is 0.844. The van der Waals surface area contributed by atoms with Crippen molar-refractivity contribution in [1.29, 1.82) is 0 Å². The second-order valence-corrected chi connectivity index (χ2v) is 7.06. The second-order valence-electron chi connectivity index (χ2n) is 5.69. The van der Waals surface area contributed by atoms with Gasteiger partial charge >= 0.3 is 0 Å². The van der Waals surface area contributed by atoms with Crippen molar-refractivity contribution in [3.63, 3.8) is 0 Å². The van der Waals surface area contributed by atoms with Crippen LogP contribution in [0.5, 0.6) is 0 Å². The van der Waals surface area contributed by atoms with E-state index in [-0.39, 0.29) is 0 Å². The molecule has 0 aliphatic rings. The third kappa shape index (κ3) is 4.78. The van der Waals surface area contributed by atoms with Crippen LogP contribution in [0.15, 0.2) is 28.7 Å². The molecule has 0 saturated heterocycles. The van der Waals surface area contributed by atoms with E-state index in [2.05, 4.69) is 44.1 Å². The van der Waals surface area contributed by atoms with Crippen LogP contribution in [0.1, 0.15) is 21.3 Å². The fourth-order valence-corrected chi connectivity index (χ4v) is 3.11. The van der Waals surface area contributed by atoms with Crippen molar-refractivity contribution >= 4 is 11.3 Å². The number of aryl methyl sites for hydroxylation is 2. The summed E-state index contributed by atoms with van der Waals surface area (Å²) in [6.45, 7) is 8.28. The fraction of sp³-hybridized carbons (Fsp3) is 0.500. The molecular weight excluding hydrogens is 268 g/mol. The summed E-state index contributed by atoms with van der Waals surface area (Å²) in [5, 5.41) is 0. The molecule has 2 heterocycles. The molecule has 2 aromatic heterocycles. The molecule has 0 fully saturated rings. The summed E-state index contributed by atoms with van der Waals surface area (Å²) in [6.07, 6.45) is 0. The van der Waals surface area contributed by atoms with Crippen LogP contribution in [0.2, 0.25) is 0 Å². The molecule has 0 aliphatic carbocycles. The topological polar surface area (TPSA) is 20.8 Å². The summed E-state index contributed by atoms with van der Waals surface area (Å²) < 4.78 is 5.72. The first-order chi connectivity index (χ1) is 9.52. The predicted molar refractivity (Wildman–Crippen MR) is 84.3 cm³/mol. The molecule has 0 aliphatic heterocycles. The molecule has 0 atom stereocenters. The number of thiophene rings is 1. The first kappa shape index (κ1) is 15.3. The molecule has 1 N–H and O–H groups in total. The summed E-state index contributed by atoms with van der Waals surface area (Å²) in [4.78, 5) is 6.76. The van der Waals surface area contributed by atoms with Gasteiger partial charge in [0.05, 0.1) is 27.2 Å². The summed E-state index contributed by atoms with van der Waals surface area (Å²) in [7, 11) is 4.40. The Morgan fingerprint density at radius 2 is 1.90 bits per heavy atom. The fourth-order valence-electron chi connectivity index (χ4n) is 2.18. The summed E-state index contributed by atoms with van der Waals surface area (Å²) >= 11 is 1.89. The first-order valence-corrected chi connectivity index (χ1v) is 7.96. The average Bonchev–Trinajstić information content (AvgIpc) is 2.95. The number of likely N-dealkylation sites (N-methyl/N-ethyl adjacent to an activating group) is 1. The molecule has 2 rings (SSSR count). The molecule has 0 spiro atoms. The molecule has 2 aromatic rings. The second kappa shape index (κ2) is 7.07. The number of hydrogen-bond donors (Lipinski definition) is 1. The van der Waals surface area contributed by atoms with E-state index in [0.29, 0.717) is 0 Å². The zero-order valence-corrected chi connectivity index (χ0v) is 13.7. The smallest absolute Gasteiger partial charge is 0.118 e. The van der Waals surface area contributed by atoms with E-state index < -0.39 is 0 Å². The Bertz CT molecular complexity index is 488. The first-order valence-electron chi connectivity index (χ1n) is 7.15. The van der Waals surface area contributed by atoms with Crippen molar-refractivity contribution in [1.82, 2.24) is 4.90 Å². The number of furan rings is 1. The van der Waals surface area contributed by atoms with Crippen LogP contribution in [-0.4, -0.2) is 32.1 Å². The van der Waals surface area contributed by atoms with E-state index in [1.807, 2.05) is 24.3 Å². The summed E-state index contributed by atoms with van der Waals surface area (Å²) in [5.41, 5.74) is 0. The molecule has 0 radical (unpaired) electrons. The van der Waals surface area contributed by atoms with Crippen LogP contribution in [0.3, 0.4) is 0 Å². The van der Waals surface area contributed by atoms with Gasteiger partial charge in [-0.05, 0) is 38.1 Å². The highest BCUT2D eigenvalue weighted by atomic mass is 32.1. The van der Waals surface area contributed by atoms with Gasteiger partial charge in [0.25, 0.3) is 0 Å². The number of nitrogens with one attached hydrogen (secondary N) is 1. The minimum atomic E-state index is 0.887. The van der Waals surface area contributed by atoms with Gasteiger partial charge in [0.15, 0.2) is 0 Å². The molecule has 0 aromatic carbocycles. The van der Waals surface area contributed by atoms with Crippen LogP contribution in [-0.2, 0) is 13.1 Å². The Morgan fingerprint density at radius 1 is 1.10 bits per heavy atom. The standard InChI is InChI=1S/C16H24N2OS/c1-13-5-7-15(19-13)11-18(10-9-17(3)4)12-16-8-6-14(2)20-16/h5-8H,9-12H2,1-4H3/p+1. The van der Waals surface area contributed by atoms with Gasteiger partial charge in [0.2, 0.25) is 0 Å². The molecule has 0 amide bonds. The van der Waals surface area contributed by atoms with E-state index in [0.717, 1.165) is 37.7 Å². The molecule has 0 bridgehead atoms. The molecule has 3 nitrogen and oxygen atoms in total. The van der Waals surface area contributed by atoms with Crippen LogP contribution in [0, 0.1) is 13.8 Å². The zero-order chi connectivity index (χ0) is 14.5. The monoisotopic (exact) mass is 293 g/mol. The van der Waals surface area contributed by atoms with Crippen molar-refractivity contribution in [2.75, 3.05) is 27.2 Å². The Labute approximate surface area is 125 Å². The van der Waals surface area contributed by atoms with E-state index in [9.17, 15) is 0 Å². The van der Waals surface area contributed by atoms with Crippen molar-refractivity contribution < 1.29 is 9.32 Å². The van der Waals surface area contributed by atoms with Crippen LogP contribution in [0.4, 0.5) is 0 Å². The highest BCUT2D eigenvalue weighted by Gasteiger charge is 2.12. The lowest BCUT2D eigenvalue weighted by molar-refractivity contribution is -0.857. The predicted octanol–water partition coefficient (Wildman–Crippen LogP) is 2.10. The third-order valence-electron chi connectivity index (χ3n) is 3.28. The van der Waals surface area contributed by atoms with Gasteiger partial charge in [-0.1, -0.05) is 0 Å². The van der Waals surface area contributed by atoms with Gasteiger partial charge in [-0.2, -0.15) is 0 Å². The minimum Gasteiger partial charge on any atom is -0.465 e. The molecule has 0 unspecified atom stereocenters. The highest BCUT2D eigenvalue weighted by Crippen LogP contribution is 2.18. The van der Waals surface area contributed by atoms with Crippen molar-refractivity contribution in [2.45, 2.75) is 26.9 Å². The van der Waals surface area contributed by atoms with E-state index >= 15 is 0 Å². The van der Waals surface area contributed by atoms with Crippen molar-refractivity contribution in [3.05, 3.63) is 45.5 Å². The lowest BCUT2D eigenvalue weighted by Gasteiger charge is -2.21. The summed E-state index contributed by atoms with van der Waals surface area (Å²) in [6, 6.07) is 8.57. The maximum Gasteiger partial charge on any atom is 0.118 e. The molecule has 20 heavy (non-hydrogen) atoms. The molecule has 0 saturated carbocycles.